The molecule has 0 atom stereocenters. The van der Waals surface area contributed by atoms with Crippen LogP contribution in [-0.4, -0.2) is 22.4 Å². The smallest absolute Gasteiger partial charge is 0.217 e. The summed E-state index contributed by atoms with van der Waals surface area (Å²) in [4.78, 5) is 19.7. The second kappa shape index (κ2) is 6.51. The van der Waals surface area contributed by atoms with Crippen LogP contribution in [0.3, 0.4) is 0 Å². The average Bonchev–Trinajstić information content (AvgIpc) is 3.24. The highest BCUT2D eigenvalue weighted by molar-refractivity contribution is 5.73. The molecule has 7 nitrogen and oxygen atoms in total. The van der Waals surface area contributed by atoms with Crippen LogP contribution in [-0.2, 0) is 4.79 Å². The fourth-order valence-electron chi connectivity index (χ4n) is 2.00. The normalized spacial score (nSPS) is 14.1. The van der Waals surface area contributed by atoms with Gasteiger partial charge < -0.3 is 16.5 Å². The molecule has 0 aromatic carbocycles. The van der Waals surface area contributed by atoms with E-state index >= 15 is 0 Å². The highest BCUT2D eigenvalue weighted by Gasteiger charge is 2.28. The summed E-state index contributed by atoms with van der Waals surface area (Å²) < 4.78 is 0. The molecule has 6 N–H and O–H groups in total. The van der Waals surface area contributed by atoms with Crippen LogP contribution in [0.2, 0.25) is 0 Å². The van der Waals surface area contributed by atoms with E-state index in [9.17, 15) is 4.79 Å². The molecule has 7 heteroatoms. The molecule has 110 valence electrons. The standard InChI is InChI=1S/C13H22N6O/c1-8-11(16-7-3-2-4-10(14)20)17-13(9-5-6-9)18-12(8)19-15/h9H,2-7,15H2,1H3,(H2,14,20)(H2,16,17,18,19). The number of nitrogens with two attached hydrogens (primary N) is 2. The molecule has 0 spiro atoms. The van der Waals surface area contributed by atoms with E-state index in [0.29, 0.717) is 18.2 Å². The van der Waals surface area contributed by atoms with Crippen LogP contribution < -0.4 is 22.3 Å². The minimum atomic E-state index is -0.256. The molecule has 20 heavy (non-hydrogen) atoms. The SMILES string of the molecule is Cc1c(NN)nc(C2CC2)nc1NCCCCC(N)=O. The average molecular weight is 278 g/mol. The van der Waals surface area contributed by atoms with Crippen LogP contribution in [0, 0.1) is 6.92 Å². The monoisotopic (exact) mass is 278 g/mol. The molecule has 0 bridgehead atoms. The Balaban J connectivity index is 1.95. The Morgan fingerprint density at radius 1 is 1.30 bits per heavy atom. The molecule has 1 aromatic rings. The second-order valence-electron chi connectivity index (χ2n) is 5.17. The summed E-state index contributed by atoms with van der Waals surface area (Å²) in [6.07, 6.45) is 4.37. The van der Waals surface area contributed by atoms with Gasteiger partial charge in [-0.25, -0.2) is 15.8 Å². The van der Waals surface area contributed by atoms with Gasteiger partial charge in [-0.15, -0.1) is 0 Å². The van der Waals surface area contributed by atoms with E-state index in [1.807, 2.05) is 6.92 Å². The van der Waals surface area contributed by atoms with Crippen molar-refractivity contribution in [3.63, 3.8) is 0 Å². The van der Waals surface area contributed by atoms with Crippen molar-refractivity contribution in [2.24, 2.45) is 11.6 Å². The quantitative estimate of drug-likeness (QED) is 0.320. The van der Waals surface area contributed by atoms with Crippen molar-refractivity contribution < 1.29 is 4.79 Å². The highest BCUT2D eigenvalue weighted by Crippen LogP contribution is 2.39. The van der Waals surface area contributed by atoms with E-state index in [4.69, 9.17) is 11.6 Å². The predicted octanol–water partition coefficient (Wildman–Crippen LogP) is 1.02. The fraction of sp³-hybridized carbons (Fsp3) is 0.615. The molecule has 1 heterocycles. The van der Waals surface area contributed by atoms with Crippen molar-refractivity contribution in [2.75, 3.05) is 17.3 Å². The number of carbonyl (C=O) groups is 1. The summed E-state index contributed by atoms with van der Waals surface area (Å²) in [6, 6.07) is 0. The Hall–Kier alpha value is -1.89. The van der Waals surface area contributed by atoms with Gasteiger partial charge in [-0.3, -0.25) is 4.79 Å². The molecule has 0 saturated heterocycles. The molecule has 2 rings (SSSR count). The third-order valence-electron chi connectivity index (χ3n) is 3.38. The number of nitrogens with zero attached hydrogens (tertiary/aromatic N) is 2. The molecule has 1 aromatic heterocycles. The van der Waals surface area contributed by atoms with Gasteiger partial charge in [0.2, 0.25) is 5.91 Å². The van der Waals surface area contributed by atoms with Crippen LogP contribution in [0.15, 0.2) is 0 Å². The number of nitrogen functional groups attached to an aromatic ring is 1. The van der Waals surface area contributed by atoms with Crippen molar-refractivity contribution in [1.82, 2.24) is 9.97 Å². The zero-order chi connectivity index (χ0) is 14.5. The number of hydrogen-bond donors (Lipinski definition) is 4. The van der Waals surface area contributed by atoms with E-state index in [0.717, 1.165) is 49.4 Å². The van der Waals surface area contributed by atoms with Gasteiger partial charge in [-0.2, -0.15) is 0 Å². The zero-order valence-corrected chi connectivity index (χ0v) is 11.8. The summed E-state index contributed by atoms with van der Waals surface area (Å²) in [6.45, 7) is 2.68. The Bertz CT molecular complexity index is 486. The number of aromatic nitrogens is 2. The van der Waals surface area contributed by atoms with Crippen LogP contribution >= 0.6 is 0 Å². The molecular formula is C13H22N6O. The number of hydrazine groups is 1. The number of unbranched alkanes of at least 4 members (excludes halogenated alkanes) is 1. The summed E-state index contributed by atoms with van der Waals surface area (Å²) >= 11 is 0. The largest absolute Gasteiger partial charge is 0.370 e. The van der Waals surface area contributed by atoms with Gasteiger partial charge in [0.05, 0.1) is 0 Å². The van der Waals surface area contributed by atoms with Gasteiger partial charge in [-0.05, 0) is 32.6 Å². The highest BCUT2D eigenvalue weighted by atomic mass is 16.1. The summed E-state index contributed by atoms with van der Waals surface area (Å²) in [5.41, 5.74) is 8.64. The molecule has 0 unspecified atom stereocenters. The third-order valence-corrected chi connectivity index (χ3v) is 3.38. The van der Waals surface area contributed by atoms with Crippen molar-refractivity contribution in [2.45, 2.75) is 44.9 Å². The molecule has 1 saturated carbocycles. The maximum Gasteiger partial charge on any atom is 0.217 e. The lowest BCUT2D eigenvalue weighted by molar-refractivity contribution is -0.118. The lowest BCUT2D eigenvalue weighted by atomic mass is 10.2. The number of anilines is 2. The van der Waals surface area contributed by atoms with Crippen molar-refractivity contribution in [3.8, 4) is 0 Å². The number of primary amides is 1. The van der Waals surface area contributed by atoms with Crippen molar-refractivity contribution >= 4 is 17.5 Å². The van der Waals surface area contributed by atoms with Crippen LogP contribution in [0.5, 0.6) is 0 Å². The number of rotatable bonds is 8. The summed E-state index contributed by atoms with van der Waals surface area (Å²) in [5.74, 6) is 8.05. The molecule has 0 aliphatic heterocycles. The lowest BCUT2D eigenvalue weighted by Crippen LogP contribution is -2.15. The first-order chi connectivity index (χ1) is 9.61. The van der Waals surface area contributed by atoms with Gasteiger partial charge in [-0.1, -0.05) is 0 Å². The van der Waals surface area contributed by atoms with Crippen LogP contribution in [0.25, 0.3) is 0 Å². The van der Waals surface area contributed by atoms with E-state index < -0.39 is 0 Å². The summed E-state index contributed by atoms with van der Waals surface area (Å²) in [7, 11) is 0. The van der Waals surface area contributed by atoms with E-state index in [-0.39, 0.29) is 5.91 Å². The lowest BCUT2D eigenvalue weighted by Gasteiger charge is -2.13. The maximum atomic E-state index is 10.7. The molecule has 1 fully saturated rings. The molecule has 0 radical (unpaired) electrons. The topological polar surface area (TPSA) is 119 Å². The molecule has 1 aliphatic rings. The minimum absolute atomic E-state index is 0.256. The van der Waals surface area contributed by atoms with Gasteiger partial charge in [0.25, 0.3) is 0 Å². The van der Waals surface area contributed by atoms with Crippen LogP contribution in [0.4, 0.5) is 11.6 Å². The maximum absolute atomic E-state index is 10.7. The number of amides is 1. The zero-order valence-electron chi connectivity index (χ0n) is 11.8. The van der Waals surface area contributed by atoms with E-state index in [1.54, 1.807) is 0 Å². The predicted molar refractivity (Wildman–Crippen MR) is 78.1 cm³/mol. The van der Waals surface area contributed by atoms with E-state index in [2.05, 4.69) is 20.7 Å². The Kier molecular flexibility index (Phi) is 4.73. The van der Waals surface area contributed by atoms with Gasteiger partial charge in [0.15, 0.2) is 0 Å². The molecule has 1 aliphatic carbocycles. The fourth-order valence-corrected chi connectivity index (χ4v) is 2.00. The number of hydrogen-bond acceptors (Lipinski definition) is 6. The van der Waals surface area contributed by atoms with Gasteiger partial charge >= 0.3 is 0 Å². The first kappa shape index (κ1) is 14.5. The number of carbonyl (C=O) groups excluding carboxylic acids is 1. The van der Waals surface area contributed by atoms with Crippen LogP contribution in [0.1, 0.15) is 49.4 Å². The molecule has 1 amide bonds. The summed E-state index contributed by atoms with van der Waals surface area (Å²) in [5, 5.41) is 3.29. The number of nitrogens with one attached hydrogen (secondary N) is 2. The first-order valence-electron chi connectivity index (χ1n) is 6.99. The second-order valence-corrected chi connectivity index (χ2v) is 5.17. The molecular weight excluding hydrogens is 256 g/mol. The Labute approximate surface area is 118 Å². The van der Waals surface area contributed by atoms with E-state index in [1.165, 1.54) is 0 Å². The Morgan fingerprint density at radius 3 is 2.60 bits per heavy atom. The first-order valence-corrected chi connectivity index (χ1v) is 6.99. The third kappa shape index (κ3) is 3.80. The van der Waals surface area contributed by atoms with Crippen molar-refractivity contribution in [1.29, 1.82) is 0 Å². The Morgan fingerprint density at radius 2 is 2.00 bits per heavy atom. The van der Waals surface area contributed by atoms with Gasteiger partial charge in [0.1, 0.15) is 17.5 Å². The van der Waals surface area contributed by atoms with Crippen molar-refractivity contribution in [3.05, 3.63) is 11.4 Å². The van der Waals surface area contributed by atoms with Gasteiger partial charge in [0, 0.05) is 24.4 Å². The minimum Gasteiger partial charge on any atom is -0.370 e.